The molecule has 0 radical (unpaired) electrons. The fourth-order valence-electron chi connectivity index (χ4n) is 3.04. The van der Waals surface area contributed by atoms with Gasteiger partial charge >= 0.3 is 0 Å². The molecule has 0 amide bonds. The van der Waals surface area contributed by atoms with Crippen LogP contribution in [0.25, 0.3) is 0 Å². The van der Waals surface area contributed by atoms with Crippen molar-refractivity contribution in [2.45, 2.75) is 63.1 Å². The van der Waals surface area contributed by atoms with Crippen molar-refractivity contribution in [2.24, 2.45) is 0 Å². The van der Waals surface area contributed by atoms with Gasteiger partial charge in [0.25, 0.3) is 0 Å². The lowest BCUT2D eigenvalue weighted by atomic mass is 9.79. The van der Waals surface area contributed by atoms with Crippen molar-refractivity contribution in [2.75, 3.05) is 26.8 Å². The number of hydrogen-bond donors (Lipinski definition) is 1. The molecular formula is C15H27N3O. The molecule has 2 saturated carbocycles. The highest BCUT2D eigenvalue weighted by Gasteiger charge is 2.41. The smallest absolute Gasteiger partial charge is 0.108 e. The van der Waals surface area contributed by atoms with Crippen molar-refractivity contribution in [3.05, 3.63) is 0 Å². The molecule has 0 heterocycles. The third-order valence-electron chi connectivity index (χ3n) is 4.41. The molecule has 0 bridgehead atoms. The predicted molar refractivity (Wildman–Crippen MR) is 75.9 cm³/mol. The Kier molecular flexibility index (Phi) is 5.20. The lowest BCUT2D eigenvalue weighted by Crippen LogP contribution is -2.53. The molecule has 2 aliphatic carbocycles. The Balaban J connectivity index is 1.85. The number of rotatable bonds is 7. The molecule has 4 heteroatoms. The zero-order chi connectivity index (χ0) is 13.7. The first kappa shape index (κ1) is 14.8. The van der Waals surface area contributed by atoms with Crippen molar-refractivity contribution in [1.29, 1.82) is 5.26 Å². The fourth-order valence-corrected chi connectivity index (χ4v) is 3.04. The van der Waals surface area contributed by atoms with Gasteiger partial charge in [-0.05, 0) is 52.5 Å². The van der Waals surface area contributed by atoms with Gasteiger partial charge in [-0.15, -0.1) is 0 Å². The van der Waals surface area contributed by atoms with E-state index in [9.17, 15) is 5.26 Å². The summed E-state index contributed by atoms with van der Waals surface area (Å²) in [5, 5.41) is 13.2. The van der Waals surface area contributed by atoms with E-state index >= 15 is 0 Å². The van der Waals surface area contributed by atoms with Gasteiger partial charge in [-0.2, -0.15) is 5.26 Å². The highest BCUT2D eigenvalue weighted by Crippen LogP contribution is 2.34. The summed E-state index contributed by atoms with van der Waals surface area (Å²) in [6.45, 7) is 4.56. The topological polar surface area (TPSA) is 48.3 Å². The molecule has 108 valence electrons. The largest absolute Gasteiger partial charge is 0.380 e. The quantitative estimate of drug-likeness (QED) is 0.714. The minimum atomic E-state index is -0.274. The zero-order valence-electron chi connectivity index (χ0n) is 12.3. The van der Waals surface area contributed by atoms with Crippen molar-refractivity contribution in [3.8, 4) is 6.07 Å². The van der Waals surface area contributed by atoms with Crippen LogP contribution in [-0.2, 0) is 4.74 Å². The van der Waals surface area contributed by atoms with Gasteiger partial charge in [-0.3, -0.25) is 5.32 Å². The maximum atomic E-state index is 9.58. The summed E-state index contributed by atoms with van der Waals surface area (Å²) in [5.41, 5.74) is -0.274. The Morgan fingerprint density at radius 2 is 2.21 bits per heavy atom. The Labute approximate surface area is 117 Å². The van der Waals surface area contributed by atoms with E-state index in [1.165, 1.54) is 19.3 Å². The second kappa shape index (κ2) is 6.69. The van der Waals surface area contributed by atoms with Crippen LogP contribution < -0.4 is 5.32 Å². The summed E-state index contributed by atoms with van der Waals surface area (Å²) in [6.07, 6.45) is 6.82. The Morgan fingerprint density at radius 1 is 1.42 bits per heavy atom. The Morgan fingerprint density at radius 3 is 2.84 bits per heavy atom. The highest BCUT2D eigenvalue weighted by atomic mass is 16.5. The first-order chi connectivity index (χ1) is 9.19. The summed E-state index contributed by atoms with van der Waals surface area (Å²) in [5.74, 6) is 0. The van der Waals surface area contributed by atoms with Crippen LogP contribution >= 0.6 is 0 Å². The van der Waals surface area contributed by atoms with E-state index in [-0.39, 0.29) is 5.54 Å². The molecular weight excluding hydrogens is 238 g/mol. The van der Waals surface area contributed by atoms with Gasteiger partial charge in [-0.25, -0.2) is 0 Å². The zero-order valence-corrected chi connectivity index (χ0v) is 12.3. The molecule has 2 atom stereocenters. The fraction of sp³-hybridized carbons (Fsp3) is 0.933. The number of nitriles is 1. The summed E-state index contributed by atoms with van der Waals surface area (Å²) in [6, 6.07) is 3.69. The van der Waals surface area contributed by atoms with Gasteiger partial charge in [0.15, 0.2) is 0 Å². The maximum absolute atomic E-state index is 9.58. The molecule has 0 aromatic rings. The van der Waals surface area contributed by atoms with Crippen molar-refractivity contribution in [1.82, 2.24) is 10.2 Å². The van der Waals surface area contributed by atoms with Gasteiger partial charge in [0, 0.05) is 25.2 Å². The molecule has 0 saturated heterocycles. The number of ether oxygens (including phenoxy) is 1. The molecule has 0 aliphatic heterocycles. The second-order valence-electron chi connectivity index (χ2n) is 6.04. The van der Waals surface area contributed by atoms with Crippen LogP contribution in [0.3, 0.4) is 0 Å². The number of likely N-dealkylation sites (N-methyl/N-ethyl adjacent to an activating group) is 1. The maximum Gasteiger partial charge on any atom is 0.108 e. The summed E-state index contributed by atoms with van der Waals surface area (Å²) >= 11 is 0. The predicted octanol–water partition coefficient (Wildman–Crippen LogP) is 1.91. The SMILES string of the molecule is CCOCCN(C)C1CCCC(C#N)(NC2CC2)C1. The minimum absolute atomic E-state index is 0.274. The lowest BCUT2D eigenvalue weighted by Gasteiger charge is -2.40. The van der Waals surface area contributed by atoms with E-state index < -0.39 is 0 Å². The Bertz CT molecular complexity index is 324. The molecule has 0 spiro atoms. The molecule has 4 nitrogen and oxygen atoms in total. The first-order valence-electron chi connectivity index (χ1n) is 7.66. The van der Waals surface area contributed by atoms with Gasteiger partial charge in [-0.1, -0.05) is 0 Å². The van der Waals surface area contributed by atoms with Crippen LogP contribution in [0.2, 0.25) is 0 Å². The second-order valence-corrected chi connectivity index (χ2v) is 6.04. The van der Waals surface area contributed by atoms with E-state index in [0.717, 1.165) is 39.0 Å². The first-order valence-corrected chi connectivity index (χ1v) is 7.66. The van der Waals surface area contributed by atoms with Crippen molar-refractivity contribution in [3.63, 3.8) is 0 Å². The van der Waals surface area contributed by atoms with Gasteiger partial charge in [0.05, 0.1) is 12.7 Å². The van der Waals surface area contributed by atoms with Gasteiger partial charge in [0.1, 0.15) is 5.54 Å². The van der Waals surface area contributed by atoms with Gasteiger partial charge < -0.3 is 9.64 Å². The molecule has 0 aromatic heterocycles. The van der Waals surface area contributed by atoms with Crippen LogP contribution in [0.15, 0.2) is 0 Å². The van der Waals surface area contributed by atoms with Crippen LogP contribution in [0.5, 0.6) is 0 Å². The average Bonchev–Trinajstić information content (AvgIpc) is 3.23. The normalized spacial score (nSPS) is 31.4. The molecule has 2 fully saturated rings. The molecule has 19 heavy (non-hydrogen) atoms. The van der Waals surface area contributed by atoms with Crippen LogP contribution in [0.4, 0.5) is 0 Å². The summed E-state index contributed by atoms with van der Waals surface area (Å²) < 4.78 is 5.43. The number of nitrogens with one attached hydrogen (secondary N) is 1. The molecule has 0 aromatic carbocycles. The van der Waals surface area contributed by atoms with E-state index in [0.29, 0.717) is 12.1 Å². The van der Waals surface area contributed by atoms with E-state index in [2.05, 4.69) is 23.3 Å². The van der Waals surface area contributed by atoms with Crippen LogP contribution in [0, 0.1) is 11.3 Å². The van der Waals surface area contributed by atoms with Crippen molar-refractivity contribution < 1.29 is 4.74 Å². The minimum Gasteiger partial charge on any atom is -0.380 e. The average molecular weight is 265 g/mol. The van der Waals surface area contributed by atoms with E-state index in [1.54, 1.807) is 0 Å². The molecule has 2 aliphatic rings. The molecule has 1 N–H and O–H groups in total. The lowest BCUT2D eigenvalue weighted by molar-refractivity contribution is 0.0850. The number of hydrogen-bond acceptors (Lipinski definition) is 4. The van der Waals surface area contributed by atoms with Crippen molar-refractivity contribution >= 4 is 0 Å². The number of nitrogens with zero attached hydrogens (tertiary/aromatic N) is 2. The summed E-state index contributed by atoms with van der Waals surface area (Å²) in [4.78, 5) is 2.37. The van der Waals surface area contributed by atoms with E-state index in [4.69, 9.17) is 4.74 Å². The van der Waals surface area contributed by atoms with E-state index in [1.807, 2.05) is 6.92 Å². The Hall–Kier alpha value is -0.630. The molecule has 2 unspecified atom stereocenters. The highest BCUT2D eigenvalue weighted by molar-refractivity contribution is 5.13. The van der Waals surface area contributed by atoms with Gasteiger partial charge in [0.2, 0.25) is 0 Å². The summed E-state index contributed by atoms with van der Waals surface area (Å²) in [7, 11) is 2.16. The third kappa shape index (κ3) is 4.17. The molecule has 2 rings (SSSR count). The monoisotopic (exact) mass is 265 g/mol. The third-order valence-corrected chi connectivity index (χ3v) is 4.41. The van der Waals surface area contributed by atoms with Crippen LogP contribution in [-0.4, -0.2) is 49.3 Å². The standard InChI is InChI=1S/C15H27N3O/c1-3-19-10-9-18(2)14-5-4-8-15(11-14,12-16)17-13-6-7-13/h13-14,17H,3-11H2,1-2H3. The van der Waals surface area contributed by atoms with Crippen LogP contribution in [0.1, 0.15) is 45.4 Å².